The van der Waals surface area contributed by atoms with Gasteiger partial charge in [0, 0.05) is 13.6 Å². The summed E-state index contributed by atoms with van der Waals surface area (Å²) in [5.74, 6) is 0.0275. The van der Waals surface area contributed by atoms with Gasteiger partial charge in [-0.1, -0.05) is 12.1 Å². The van der Waals surface area contributed by atoms with Crippen molar-refractivity contribution in [3.05, 3.63) is 24.0 Å². The van der Waals surface area contributed by atoms with Crippen LogP contribution in [0.4, 0.5) is 5.69 Å². The highest BCUT2D eigenvalue weighted by Crippen LogP contribution is 2.11. The molecule has 0 amide bonds. The number of hydrogen-bond acceptors (Lipinski definition) is 4. The van der Waals surface area contributed by atoms with E-state index in [-0.39, 0.29) is 5.84 Å². The molecule has 5 nitrogen and oxygen atoms in total. The molecule has 0 aliphatic carbocycles. The maximum Gasteiger partial charge on any atom is 0.188 e. The zero-order valence-electron chi connectivity index (χ0n) is 9.01. The van der Waals surface area contributed by atoms with E-state index in [4.69, 9.17) is 10.9 Å². The first-order valence-corrected chi connectivity index (χ1v) is 4.84. The monoisotopic (exact) mass is 208 g/mol. The predicted octanol–water partition coefficient (Wildman–Crippen LogP) is 1.02. The minimum Gasteiger partial charge on any atom is -0.409 e. The molecule has 15 heavy (non-hydrogen) atoms. The fraction of sp³-hybridized carbons (Fsp3) is 0.400. The molecule has 0 aliphatic heterocycles. The van der Waals surface area contributed by atoms with Crippen molar-refractivity contribution in [1.82, 2.24) is 4.98 Å². The van der Waals surface area contributed by atoms with Crippen LogP contribution in [0.15, 0.2) is 23.5 Å². The first-order valence-electron chi connectivity index (χ1n) is 4.84. The Kier molecular flexibility index (Phi) is 3.91. The normalized spacial score (nSPS) is 11.5. The average Bonchev–Trinajstić information content (AvgIpc) is 2.28. The number of amidine groups is 1. The third-order valence-electron chi connectivity index (χ3n) is 2.12. The Morgan fingerprint density at radius 1 is 1.60 bits per heavy atom. The van der Waals surface area contributed by atoms with E-state index >= 15 is 0 Å². The van der Waals surface area contributed by atoms with Crippen molar-refractivity contribution in [2.24, 2.45) is 10.9 Å². The van der Waals surface area contributed by atoms with E-state index in [1.807, 2.05) is 13.1 Å². The molecule has 0 fully saturated rings. The van der Waals surface area contributed by atoms with Crippen LogP contribution in [0, 0.1) is 0 Å². The van der Waals surface area contributed by atoms with Gasteiger partial charge in [0.25, 0.3) is 0 Å². The van der Waals surface area contributed by atoms with E-state index in [9.17, 15) is 0 Å². The molecule has 0 aliphatic rings. The maximum atomic E-state index is 8.46. The zero-order valence-corrected chi connectivity index (χ0v) is 9.01. The standard InChI is InChI=1S/C10H16N4O/c1-3-6-14(2)8-4-5-9(12-7-8)10(11)13-15/h4-5,7,15H,3,6H2,1-2H3,(H2,11,13). The molecule has 1 heterocycles. The Hall–Kier alpha value is -1.78. The summed E-state index contributed by atoms with van der Waals surface area (Å²) in [6, 6.07) is 3.63. The van der Waals surface area contributed by atoms with E-state index in [2.05, 4.69) is 22.0 Å². The van der Waals surface area contributed by atoms with Gasteiger partial charge in [0.15, 0.2) is 5.84 Å². The smallest absolute Gasteiger partial charge is 0.188 e. The van der Waals surface area contributed by atoms with Crippen LogP contribution in [-0.4, -0.2) is 29.6 Å². The van der Waals surface area contributed by atoms with Crippen LogP contribution in [0.2, 0.25) is 0 Å². The molecular formula is C10H16N4O. The lowest BCUT2D eigenvalue weighted by molar-refractivity contribution is 0.318. The summed E-state index contributed by atoms with van der Waals surface area (Å²) >= 11 is 0. The molecule has 1 rings (SSSR count). The van der Waals surface area contributed by atoms with E-state index < -0.39 is 0 Å². The summed E-state index contributed by atoms with van der Waals surface area (Å²) < 4.78 is 0. The fourth-order valence-electron chi connectivity index (χ4n) is 1.28. The summed E-state index contributed by atoms with van der Waals surface area (Å²) in [6.45, 7) is 3.10. The molecule has 1 aromatic rings. The minimum absolute atomic E-state index is 0.0275. The van der Waals surface area contributed by atoms with Crippen LogP contribution >= 0.6 is 0 Å². The molecule has 3 N–H and O–H groups in total. The average molecular weight is 208 g/mol. The van der Waals surface area contributed by atoms with E-state index in [0.29, 0.717) is 5.69 Å². The first-order chi connectivity index (χ1) is 7.19. The van der Waals surface area contributed by atoms with Crippen LogP contribution in [0.3, 0.4) is 0 Å². The van der Waals surface area contributed by atoms with Crippen LogP contribution in [0.5, 0.6) is 0 Å². The number of nitrogens with zero attached hydrogens (tertiary/aromatic N) is 3. The van der Waals surface area contributed by atoms with Crippen molar-refractivity contribution < 1.29 is 5.21 Å². The molecule has 82 valence electrons. The first kappa shape index (κ1) is 11.3. The van der Waals surface area contributed by atoms with E-state index in [0.717, 1.165) is 18.7 Å². The molecule has 0 unspecified atom stereocenters. The number of pyridine rings is 1. The SMILES string of the molecule is CCCN(C)c1ccc(/C(N)=N/O)nc1. The molecule has 0 bridgehead atoms. The maximum absolute atomic E-state index is 8.46. The predicted molar refractivity (Wildman–Crippen MR) is 60.3 cm³/mol. The van der Waals surface area contributed by atoms with E-state index in [1.165, 1.54) is 0 Å². The van der Waals surface area contributed by atoms with Gasteiger partial charge >= 0.3 is 0 Å². The van der Waals surface area contributed by atoms with Gasteiger partial charge in [0.05, 0.1) is 11.9 Å². The van der Waals surface area contributed by atoms with Gasteiger partial charge in [-0.2, -0.15) is 0 Å². The Labute approximate surface area is 89.2 Å². The molecule has 0 radical (unpaired) electrons. The number of nitrogens with two attached hydrogens (primary N) is 1. The summed E-state index contributed by atoms with van der Waals surface area (Å²) in [7, 11) is 2.00. The summed E-state index contributed by atoms with van der Waals surface area (Å²) in [6.07, 6.45) is 2.79. The Morgan fingerprint density at radius 3 is 2.80 bits per heavy atom. The number of oxime groups is 1. The van der Waals surface area contributed by atoms with Crippen LogP contribution in [-0.2, 0) is 0 Å². The molecule has 0 aromatic carbocycles. The lowest BCUT2D eigenvalue weighted by Gasteiger charge is -2.17. The van der Waals surface area contributed by atoms with Crippen molar-refractivity contribution in [3.8, 4) is 0 Å². The highest BCUT2D eigenvalue weighted by molar-refractivity contribution is 5.95. The molecule has 0 atom stereocenters. The third-order valence-corrected chi connectivity index (χ3v) is 2.12. The van der Waals surface area contributed by atoms with Crippen molar-refractivity contribution >= 4 is 11.5 Å². The molecular weight excluding hydrogens is 192 g/mol. The lowest BCUT2D eigenvalue weighted by atomic mass is 10.3. The van der Waals surface area contributed by atoms with Gasteiger partial charge in [0.1, 0.15) is 5.69 Å². The minimum atomic E-state index is 0.0275. The summed E-state index contributed by atoms with van der Waals surface area (Å²) in [4.78, 5) is 6.20. The molecule has 0 saturated heterocycles. The highest BCUT2D eigenvalue weighted by Gasteiger charge is 2.03. The number of aromatic nitrogens is 1. The zero-order chi connectivity index (χ0) is 11.3. The van der Waals surface area contributed by atoms with Gasteiger partial charge in [-0.3, -0.25) is 4.98 Å². The Bertz CT molecular complexity index is 334. The quantitative estimate of drug-likeness (QED) is 0.335. The van der Waals surface area contributed by atoms with Crippen molar-refractivity contribution in [1.29, 1.82) is 0 Å². The van der Waals surface area contributed by atoms with Crippen LogP contribution in [0.25, 0.3) is 0 Å². The van der Waals surface area contributed by atoms with E-state index in [1.54, 1.807) is 12.3 Å². The highest BCUT2D eigenvalue weighted by atomic mass is 16.4. The second kappa shape index (κ2) is 5.19. The lowest BCUT2D eigenvalue weighted by Crippen LogP contribution is -2.19. The summed E-state index contributed by atoms with van der Waals surface area (Å²) in [5, 5.41) is 11.4. The molecule has 0 spiro atoms. The Balaban J connectivity index is 2.80. The van der Waals surface area contributed by atoms with Crippen molar-refractivity contribution in [2.45, 2.75) is 13.3 Å². The largest absolute Gasteiger partial charge is 0.409 e. The van der Waals surface area contributed by atoms with Gasteiger partial charge < -0.3 is 15.8 Å². The van der Waals surface area contributed by atoms with Gasteiger partial charge in [-0.15, -0.1) is 0 Å². The molecule has 5 heteroatoms. The van der Waals surface area contributed by atoms with Crippen molar-refractivity contribution in [3.63, 3.8) is 0 Å². The van der Waals surface area contributed by atoms with Gasteiger partial charge in [0.2, 0.25) is 0 Å². The topological polar surface area (TPSA) is 74.7 Å². The van der Waals surface area contributed by atoms with Crippen LogP contribution < -0.4 is 10.6 Å². The summed E-state index contributed by atoms with van der Waals surface area (Å²) in [5.41, 5.74) is 6.90. The van der Waals surface area contributed by atoms with Gasteiger partial charge in [-0.05, 0) is 18.6 Å². The molecule has 1 aromatic heterocycles. The second-order valence-corrected chi connectivity index (χ2v) is 3.31. The third kappa shape index (κ3) is 2.83. The van der Waals surface area contributed by atoms with Crippen LogP contribution in [0.1, 0.15) is 19.0 Å². The van der Waals surface area contributed by atoms with Crippen molar-refractivity contribution in [2.75, 3.05) is 18.5 Å². The number of hydrogen-bond donors (Lipinski definition) is 2. The Morgan fingerprint density at radius 2 is 2.33 bits per heavy atom. The number of anilines is 1. The fourth-order valence-corrected chi connectivity index (χ4v) is 1.28. The second-order valence-electron chi connectivity index (χ2n) is 3.31. The molecule has 0 saturated carbocycles. The van der Waals surface area contributed by atoms with Gasteiger partial charge in [-0.25, -0.2) is 0 Å². The number of rotatable bonds is 4.